The van der Waals surface area contributed by atoms with Crippen molar-refractivity contribution in [3.63, 3.8) is 0 Å². The van der Waals surface area contributed by atoms with Gasteiger partial charge in [-0.1, -0.05) is 19.1 Å². The smallest absolute Gasteiger partial charge is 0.135 e. The van der Waals surface area contributed by atoms with E-state index in [-0.39, 0.29) is 0 Å². The van der Waals surface area contributed by atoms with Crippen molar-refractivity contribution in [3.8, 4) is 0 Å². The van der Waals surface area contributed by atoms with E-state index in [9.17, 15) is 0 Å². The standard InChI is InChI=1S/C15H22N4/c1-5-12-6-8-13(9-7-12)18(3)15-14(10-16)11(2)17-19(15)4/h6-9H,5,10,16H2,1-4H3. The van der Waals surface area contributed by atoms with Crippen molar-refractivity contribution in [2.24, 2.45) is 12.8 Å². The molecule has 1 heterocycles. The lowest BCUT2D eigenvalue weighted by Gasteiger charge is -2.21. The van der Waals surface area contributed by atoms with Crippen molar-refractivity contribution in [1.29, 1.82) is 0 Å². The second-order valence-electron chi connectivity index (χ2n) is 4.79. The molecule has 0 aliphatic rings. The number of anilines is 2. The number of nitrogens with zero attached hydrogens (tertiary/aromatic N) is 3. The SMILES string of the molecule is CCc1ccc(N(C)c2c(CN)c(C)nn2C)cc1. The lowest BCUT2D eigenvalue weighted by Crippen LogP contribution is -2.16. The summed E-state index contributed by atoms with van der Waals surface area (Å²) in [6.07, 6.45) is 1.06. The third-order valence-electron chi connectivity index (χ3n) is 3.57. The molecule has 0 spiro atoms. The van der Waals surface area contributed by atoms with Gasteiger partial charge in [0.2, 0.25) is 0 Å². The fraction of sp³-hybridized carbons (Fsp3) is 0.400. The van der Waals surface area contributed by atoms with Gasteiger partial charge in [-0.2, -0.15) is 5.10 Å². The van der Waals surface area contributed by atoms with Crippen LogP contribution < -0.4 is 10.6 Å². The number of aryl methyl sites for hydroxylation is 3. The van der Waals surface area contributed by atoms with Crippen LogP contribution in [0.15, 0.2) is 24.3 Å². The summed E-state index contributed by atoms with van der Waals surface area (Å²) in [6.45, 7) is 4.67. The van der Waals surface area contributed by atoms with Crippen LogP contribution in [0.1, 0.15) is 23.7 Å². The van der Waals surface area contributed by atoms with Gasteiger partial charge < -0.3 is 10.6 Å². The van der Waals surface area contributed by atoms with Crippen molar-refractivity contribution >= 4 is 11.5 Å². The van der Waals surface area contributed by atoms with E-state index in [0.717, 1.165) is 29.2 Å². The van der Waals surface area contributed by atoms with Gasteiger partial charge >= 0.3 is 0 Å². The summed E-state index contributed by atoms with van der Waals surface area (Å²) in [4.78, 5) is 2.14. The Labute approximate surface area is 114 Å². The van der Waals surface area contributed by atoms with E-state index in [0.29, 0.717) is 6.54 Å². The summed E-state index contributed by atoms with van der Waals surface area (Å²) >= 11 is 0. The van der Waals surface area contributed by atoms with E-state index < -0.39 is 0 Å². The molecular weight excluding hydrogens is 236 g/mol. The highest BCUT2D eigenvalue weighted by molar-refractivity contribution is 5.63. The predicted molar refractivity (Wildman–Crippen MR) is 79.7 cm³/mol. The Morgan fingerprint density at radius 1 is 1.26 bits per heavy atom. The molecule has 0 bridgehead atoms. The third kappa shape index (κ3) is 2.49. The molecule has 2 rings (SSSR count). The normalized spacial score (nSPS) is 10.8. The van der Waals surface area contributed by atoms with Crippen molar-refractivity contribution in [3.05, 3.63) is 41.1 Å². The van der Waals surface area contributed by atoms with Crippen LogP contribution in [-0.2, 0) is 20.0 Å². The number of benzene rings is 1. The molecule has 0 unspecified atom stereocenters. The lowest BCUT2D eigenvalue weighted by atomic mass is 10.1. The van der Waals surface area contributed by atoms with Gasteiger partial charge in [-0.05, 0) is 31.0 Å². The maximum Gasteiger partial charge on any atom is 0.135 e. The first-order chi connectivity index (χ1) is 9.08. The maximum absolute atomic E-state index is 5.85. The Balaban J connectivity index is 2.40. The zero-order valence-corrected chi connectivity index (χ0v) is 12.1. The molecule has 2 N–H and O–H groups in total. The molecule has 1 aromatic heterocycles. The second-order valence-corrected chi connectivity index (χ2v) is 4.79. The summed E-state index contributed by atoms with van der Waals surface area (Å²) in [6, 6.07) is 8.61. The van der Waals surface area contributed by atoms with Gasteiger partial charge in [0.1, 0.15) is 5.82 Å². The molecule has 4 nitrogen and oxygen atoms in total. The van der Waals surface area contributed by atoms with E-state index >= 15 is 0 Å². The van der Waals surface area contributed by atoms with Gasteiger partial charge in [0.15, 0.2) is 0 Å². The third-order valence-corrected chi connectivity index (χ3v) is 3.57. The largest absolute Gasteiger partial charge is 0.329 e. The highest BCUT2D eigenvalue weighted by Gasteiger charge is 2.16. The highest BCUT2D eigenvalue weighted by atomic mass is 15.4. The van der Waals surface area contributed by atoms with Crippen LogP contribution >= 0.6 is 0 Å². The minimum atomic E-state index is 0.506. The molecule has 2 aromatic rings. The van der Waals surface area contributed by atoms with Crippen LogP contribution in [0.3, 0.4) is 0 Å². The Morgan fingerprint density at radius 3 is 2.42 bits per heavy atom. The van der Waals surface area contributed by atoms with E-state index in [1.54, 1.807) is 0 Å². The number of nitrogens with two attached hydrogens (primary N) is 1. The average Bonchev–Trinajstić information content (AvgIpc) is 2.72. The zero-order valence-electron chi connectivity index (χ0n) is 12.1. The van der Waals surface area contributed by atoms with Gasteiger partial charge in [-0.25, -0.2) is 0 Å². The van der Waals surface area contributed by atoms with Gasteiger partial charge in [-0.3, -0.25) is 4.68 Å². The van der Waals surface area contributed by atoms with Crippen molar-refractivity contribution < 1.29 is 0 Å². The first-order valence-corrected chi connectivity index (χ1v) is 6.63. The molecule has 0 amide bonds. The number of aromatic nitrogens is 2. The Bertz CT molecular complexity index is 554. The molecule has 1 aromatic carbocycles. The number of rotatable bonds is 4. The fourth-order valence-corrected chi connectivity index (χ4v) is 2.43. The molecule has 0 saturated carbocycles. The number of hydrogen-bond donors (Lipinski definition) is 1. The molecule has 0 aliphatic carbocycles. The quantitative estimate of drug-likeness (QED) is 0.916. The fourth-order valence-electron chi connectivity index (χ4n) is 2.43. The molecule has 0 radical (unpaired) electrons. The van der Waals surface area contributed by atoms with Crippen molar-refractivity contribution in [2.75, 3.05) is 11.9 Å². The Kier molecular flexibility index (Phi) is 3.90. The average molecular weight is 258 g/mol. The first kappa shape index (κ1) is 13.6. The number of hydrogen-bond acceptors (Lipinski definition) is 3. The summed E-state index contributed by atoms with van der Waals surface area (Å²) in [5.41, 5.74) is 10.4. The predicted octanol–water partition coefficient (Wildman–Crippen LogP) is 2.52. The van der Waals surface area contributed by atoms with Gasteiger partial charge in [0.25, 0.3) is 0 Å². The second kappa shape index (κ2) is 5.45. The summed E-state index contributed by atoms with van der Waals surface area (Å²) in [5.74, 6) is 1.06. The van der Waals surface area contributed by atoms with E-state index in [2.05, 4.69) is 48.2 Å². The summed E-state index contributed by atoms with van der Waals surface area (Å²) in [7, 11) is 4.01. The minimum absolute atomic E-state index is 0.506. The van der Waals surface area contributed by atoms with Crippen molar-refractivity contribution in [1.82, 2.24) is 9.78 Å². The molecule has 19 heavy (non-hydrogen) atoms. The summed E-state index contributed by atoms with van der Waals surface area (Å²) < 4.78 is 1.89. The van der Waals surface area contributed by atoms with Crippen LogP contribution in [0.2, 0.25) is 0 Å². The van der Waals surface area contributed by atoms with Crippen LogP contribution in [0.4, 0.5) is 11.5 Å². The molecule has 102 valence electrons. The van der Waals surface area contributed by atoms with Crippen LogP contribution in [-0.4, -0.2) is 16.8 Å². The molecule has 0 fully saturated rings. The van der Waals surface area contributed by atoms with E-state index in [1.807, 2.05) is 18.7 Å². The summed E-state index contributed by atoms with van der Waals surface area (Å²) in [5, 5.41) is 4.46. The Morgan fingerprint density at radius 2 is 1.89 bits per heavy atom. The molecular formula is C15H22N4. The van der Waals surface area contributed by atoms with Gasteiger partial charge in [0.05, 0.1) is 5.69 Å². The zero-order chi connectivity index (χ0) is 14.0. The molecule has 0 atom stereocenters. The molecule has 0 aliphatic heterocycles. The van der Waals surface area contributed by atoms with Gasteiger partial charge in [0, 0.05) is 31.9 Å². The van der Waals surface area contributed by atoms with Crippen molar-refractivity contribution in [2.45, 2.75) is 26.8 Å². The highest BCUT2D eigenvalue weighted by Crippen LogP contribution is 2.28. The van der Waals surface area contributed by atoms with Crippen LogP contribution in [0.5, 0.6) is 0 Å². The molecule has 0 saturated heterocycles. The van der Waals surface area contributed by atoms with E-state index in [1.165, 1.54) is 5.56 Å². The van der Waals surface area contributed by atoms with Gasteiger partial charge in [-0.15, -0.1) is 0 Å². The lowest BCUT2D eigenvalue weighted by molar-refractivity contribution is 0.750. The van der Waals surface area contributed by atoms with E-state index in [4.69, 9.17) is 5.73 Å². The topological polar surface area (TPSA) is 47.1 Å². The molecule has 4 heteroatoms. The van der Waals surface area contributed by atoms with Crippen LogP contribution in [0.25, 0.3) is 0 Å². The van der Waals surface area contributed by atoms with Crippen LogP contribution in [0, 0.1) is 6.92 Å². The first-order valence-electron chi connectivity index (χ1n) is 6.63. The monoisotopic (exact) mass is 258 g/mol. The minimum Gasteiger partial charge on any atom is -0.329 e. The Hall–Kier alpha value is -1.81. The maximum atomic E-state index is 5.85.